The topological polar surface area (TPSA) is 122 Å². The maximum Gasteiger partial charge on any atom is 0.243 e. The Balaban J connectivity index is 1.67. The summed E-state index contributed by atoms with van der Waals surface area (Å²) < 4.78 is 64.6. The van der Waals surface area contributed by atoms with Crippen molar-refractivity contribution < 1.29 is 31.1 Å². The van der Waals surface area contributed by atoms with Crippen molar-refractivity contribution in [3.63, 3.8) is 0 Å². The smallest absolute Gasteiger partial charge is 0.243 e. The summed E-state index contributed by atoms with van der Waals surface area (Å²) in [5.41, 5.74) is 1.07. The second-order valence-corrected chi connectivity index (χ2v) is 12.0. The van der Waals surface area contributed by atoms with Gasteiger partial charge in [0, 0.05) is 38.3 Å². The first-order chi connectivity index (χ1) is 17.1. The molecule has 0 aliphatic carbocycles. The molecule has 1 amide bonds. The highest BCUT2D eigenvalue weighted by atomic mass is 32.2. The van der Waals surface area contributed by atoms with Gasteiger partial charge in [-0.15, -0.1) is 0 Å². The fourth-order valence-electron chi connectivity index (χ4n) is 3.94. The molecule has 1 saturated heterocycles. The van der Waals surface area contributed by atoms with Gasteiger partial charge >= 0.3 is 0 Å². The van der Waals surface area contributed by atoms with Crippen LogP contribution in [0.4, 0.5) is 5.69 Å². The minimum Gasteiger partial charge on any atom is -0.496 e. The molecular weight excluding hydrogens is 506 g/mol. The molecule has 2 aromatic carbocycles. The summed E-state index contributed by atoms with van der Waals surface area (Å²) in [6, 6.07) is 10.7. The second kappa shape index (κ2) is 12.2. The van der Waals surface area contributed by atoms with Crippen LogP contribution in [0.25, 0.3) is 0 Å². The number of hydrogen-bond donors (Lipinski definition) is 1. The van der Waals surface area contributed by atoms with Crippen LogP contribution in [0.2, 0.25) is 0 Å². The van der Waals surface area contributed by atoms with Crippen LogP contribution in [0.3, 0.4) is 0 Å². The van der Waals surface area contributed by atoms with E-state index >= 15 is 0 Å². The number of methoxy groups -OCH3 is 1. The number of hydrogen-bond acceptors (Lipinski definition) is 7. The van der Waals surface area contributed by atoms with Crippen molar-refractivity contribution in [2.75, 3.05) is 51.8 Å². The third kappa shape index (κ3) is 6.43. The lowest BCUT2D eigenvalue weighted by molar-refractivity contribution is -0.116. The quantitative estimate of drug-likeness (QED) is 0.465. The van der Waals surface area contributed by atoms with Crippen LogP contribution < -0.4 is 10.1 Å². The average molecular weight is 540 g/mol. The predicted octanol–water partition coefficient (Wildman–Crippen LogP) is 2.32. The molecule has 0 bridgehead atoms. The Hall–Kier alpha value is -2.51. The van der Waals surface area contributed by atoms with E-state index in [9.17, 15) is 21.6 Å². The van der Waals surface area contributed by atoms with E-state index < -0.39 is 20.0 Å². The summed E-state index contributed by atoms with van der Waals surface area (Å²) in [5.74, 6) is 0.201. The molecule has 0 atom stereocenters. The summed E-state index contributed by atoms with van der Waals surface area (Å²) in [7, 11) is -5.77. The number of amides is 1. The standard InChI is InChI=1S/C24H33N3O7S2/c1-4-26(5-2)35(29,30)21-9-7-20(8-10-21)25-24(28)13-6-19-18-22(11-12-23(19)33-3)36(31,32)27-14-16-34-17-15-27/h7-12,18H,4-6,13-17H2,1-3H3,(H,25,28). The molecule has 10 nitrogen and oxygen atoms in total. The van der Waals surface area contributed by atoms with Gasteiger partial charge in [0.05, 0.1) is 30.1 Å². The van der Waals surface area contributed by atoms with Crippen LogP contribution >= 0.6 is 0 Å². The maximum absolute atomic E-state index is 13.0. The van der Waals surface area contributed by atoms with Crippen molar-refractivity contribution in [2.45, 2.75) is 36.5 Å². The monoisotopic (exact) mass is 539 g/mol. The number of rotatable bonds is 11. The highest BCUT2D eigenvalue weighted by Gasteiger charge is 2.27. The van der Waals surface area contributed by atoms with Gasteiger partial charge in [0.15, 0.2) is 0 Å². The molecule has 3 rings (SSSR count). The lowest BCUT2D eigenvalue weighted by Gasteiger charge is -2.26. The molecule has 0 spiro atoms. The molecule has 0 radical (unpaired) electrons. The molecule has 198 valence electrons. The van der Waals surface area contributed by atoms with E-state index in [0.29, 0.717) is 56.4 Å². The van der Waals surface area contributed by atoms with Gasteiger partial charge in [0.2, 0.25) is 26.0 Å². The second-order valence-electron chi connectivity index (χ2n) is 8.15. The fourth-order valence-corrected chi connectivity index (χ4v) is 6.86. The van der Waals surface area contributed by atoms with Gasteiger partial charge in [-0.2, -0.15) is 8.61 Å². The molecule has 36 heavy (non-hydrogen) atoms. The van der Waals surface area contributed by atoms with Crippen LogP contribution in [-0.4, -0.2) is 77.9 Å². The normalized spacial score (nSPS) is 15.1. The van der Waals surface area contributed by atoms with E-state index in [1.807, 2.05) is 0 Å². The Morgan fingerprint density at radius 1 is 1.00 bits per heavy atom. The Morgan fingerprint density at radius 2 is 1.61 bits per heavy atom. The van der Waals surface area contributed by atoms with E-state index in [1.165, 1.54) is 33.9 Å². The van der Waals surface area contributed by atoms with Crippen LogP contribution in [0.15, 0.2) is 52.3 Å². The van der Waals surface area contributed by atoms with Crippen molar-refractivity contribution in [1.82, 2.24) is 8.61 Å². The van der Waals surface area contributed by atoms with E-state index in [-0.39, 0.29) is 28.5 Å². The zero-order valence-electron chi connectivity index (χ0n) is 20.8. The number of sulfonamides is 2. The molecule has 0 saturated carbocycles. The fraction of sp³-hybridized carbons (Fsp3) is 0.458. The lowest BCUT2D eigenvalue weighted by atomic mass is 10.1. The third-order valence-electron chi connectivity index (χ3n) is 5.96. The summed E-state index contributed by atoms with van der Waals surface area (Å²) >= 11 is 0. The highest BCUT2D eigenvalue weighted by molar-refractivity contribution is 7.89. The molecule has 0 aromatic heterocycles. The van der Waals surface area contributed by atoms with Crippen molar-refractivity contribution in [1.29, 1.82) is 0 Å². The summed E-state index contributed by atoms with van der Waals surface area (Å²) in [5, 5.41) is 2.75. The van der Waals surface area contributed by atoms with Gasteiger partial charge in [-0.25, -0.2) is 16.8 Å². The molecule has 1 aliphatic heterocycles. The zero-order valence-corrected chi connectivity index (χ0v) is 22.4. The minimum atomic E-state index is -3.68. The number of carbonyl (C=O) groups is 1. The number of morpholine rings is 1. The maximum atomic E-state index is 13.0. The minimum absolute atomic E-state index is 0.0803. The SMILES string of the molecule is CCN(CC)S(=O)(=O)c1ccc(NC(=O)CCc2cc(S(=O)(=O)N3CCOCC3)ccc2OC)cc1. The third-order valence-corrected chi connectivity index (χ3v) is 9.92. The molecule has 1 fully saturated rings. The predicted molar refractivity (Wildman–Crippen MR) is 136 cm³/mol. The molecule has 1 N–H and O–H groups in total. The Labute approximate surface area is 213 Å². The highest BCUT2D eigenvalue weighted by Crippen LogP contribution is 2.26. The number of carbonyl (C=O) groups excluding carboxylic acids is 1. The van der Waals surface area contributed by atoms with Crippen LogP contribution in [0, 0.1) is 0 Å². The van der Waals surface area contributed by atoms with Crippen molar-refractivity contribution in [2.24, 2.45) is 0 Å². The van der Waals surface area contributed by atoms with Crippen LogP contribution in [0.5, 0.6) is 5.75 Å². The largest absolute Gasteiger partial charge is 0.496 e. The first-order valence-electron chi connectivity index (χ1n) is 11.8. The number of aryl methyl sites for hydroxylation is 1. The van der Waals surface area contributed by atoms with E-state index in [2.05, 4.69) is 5.32 Å². The van der Waals surface area contributed by atoms with Gasteiger partial charge in [0.25, 0.3) is 0 Å². The molecule has 1 heterocycles. The van der Waals surface area contributed by atoms with Gasteiger partial charge < -0.3 is 14.8 Å². The molecule has 2 aromatic rings. The lowest BCUT2D eigenvalue weighted by Crippen LogP contribution is -2.40. The first-order valence-corrected chi connectivity index (χ1v) is 14.7. The van der Waals surface area contributed by atoms with E-state index in [0.717, 1.165) is 0 Å². The number of nitrogens with zero attached hydrogens (tertiary/aromatic N) is 2. The molecule has 1 aliphatic rings. The van der Waals surface area contributed by atoms with Crippen molar-refractivity contribution in [3.05, 3.63) is 48.0 Å². The van der Waals surface area contributed by atoms with E-state index in [1.54, 1.807) is 38.1 Å². The van der Waals surface area contributed by atoms with Gasteiger partial charge in [0.1, 0.15) is 5.75 Å². The van der Waals surface area contributed by atoms with Crippen molar-refractivity contribution in [3.8, 4) is 5.75 Å². The van der Waals surface area contributed by atoms with Gasteiger partial charge in [-0.1, -0.05) is 13.8 Å². The number of benzene rings is 2. The Kier molecular flexibility index (Phi) is 9.47. The number of anilines is 1. The Morgan fingerprint density at radius 3 is 2.19 bits per heavy atom. The van der Waals surface area contributed by atoms with E-state index in [4.69, 9.17) is 9.47 Å². The van der Waals surface area contributed by atoms with Crippen LogP contribution in [0.1, 0.15) is 25.8 Å². The summed E-state index contributed by atoms with van der Waals surface area (Å²) in [6.45, 7) is 5.58. The van der Waals surface area contributed by atoms with Gasteiger partial charge in [-0.05, 0) is 54.4 Å². The summed E-state index contributed by atoms with van der Waals surface area (Å²) in [4.78, 5) is 12.9. The number of ether oxygens (including phenoxy) is 2. The molecule has 12 heteroatoms. The number of nitrogens with one attached hydrogen (secondary N) is 1. The zero-order chi connectivity index (χ0) is 26.3. The molecular formula is C24H33N3O7S2. The first kappa shape index (κ1) is 28.1. The van der Waals surface area contributed by atoms with Gasteiger partial charge in [-0.3, -0.25) is 4.79 Å². The van der Waals surface area contributed by atoms with Crippen LogP contribution in [-0.2, 0) is 36.0 Å². The Bertz CT molecular complexity index is 1250. The summed E-state index contributed by atoms with van der Waals surface area (Å²) in [6.07, 6.45) is 0.340. The average Bonchev–Trinajstić information content (AvgIpc) is 2.88. The van der Waals surface area contributed by atoms with Crippen molar-refractivity contribution >= 4 is 31.6 Å². The molecule has 0 unspecified atom stereocenters.